The molecule has 1 N–H and O–H groups in total. The summed E-state index contributed by atoms with van der Waals surface area (Å²) in [6, 6.07) is 16.4. The number of ether oxygens (including phenoxy) is 1. The second-order valence-electron chi connectivity index (χ2n) is 4.71. The number of nitrogens with zero attached hydrogens (tertiary/aromatic N) is 1. The number of carbonyl (C=O) groups is 1. The quantitative estimate of drug-likeness (QED) is 0.935. The maximum absolute atomic E-state index is 12.1. The fraction of sp³-hybridized carbons (Fsp3) is 0.176. The van der Waals surface area contributed by atoms with Gasteiger partial charge in [-0.25, -0.2) is 0 Å². The number of carbonyl (C=O) groups excluding carboxylic acids is 1. The first kappa shape index (κ1) is 14.6. The number of nitriles is 1. The summed E-state index contributed by atoms with van der Waals surface area (Å²) in [6.45, 7) is 3.55. The minimum absolute atomic E-state index is 0.233. The molecule has 2 aromatic rings. The average Bonchev–Trinajstić information content (AvgIpc) is 2.50. The normalized spacial score (nSPS) is 11.3. The Kier molecular flexibility index (Phi) is 4.57. The molecule has 1 amide bonds. The smallest absolute Gasteiger partial charge is 0.265 e. The maximum Gasteiger partial charge on any atom is 0.265 e. The number of nitrogens with one attached hydrogen (secondary N) is 1. The van der Waals surface area contributed by atoms with Crippen LogP contribution in [0.15, 0.2) is 48.5 Å². The van der Waals surface area contributed by atoms with Crippen molar-refractivity contribution in [3.05, 3.63) is 59.7 Å². The van der Waals surface area contributed by atoms with Crippen molar-refractivity contribution in [1.82, 2.24) is 0 Å². The molecule has 0 fully saturated rings. The lowest BCUT2D eigenvalue weighted by Crippen LogP contribution is -2.30. The number of amides is 1. The third-order valence-corrected chi connectivity index (χ3v) is 3.03. The van der Waals surface area contributed by atoms with Crippen LogP contribution in [0, 0.1) is 18.3 Å². The number of benzene rings is 2. The summed E-state index contributed by atoms with van der Waals surface area (Å²) in [7, 11) is 0. The molecule has 1 unspecified atom stereocenters. The van der Waals surface area contributed by atoms with Crippen LogP contribution in [0.4, 0.5) is 5.69 Å². The number of hydrogen-bond acceptors (Lipinski definition) is 3. The molecular formula is C17H16N2O2. The molecule has 0 spiro atoms. The van der Waals surface area contributed by atoms with Crippen LogP contribution in [-0.4, -0.2) is 12.0 Å². The van der Waals surface area contributed by atoms with Crippen LogP contribution in [0.2, 0.25) is 0 Å². The van der Waals surface area contributed by atoms with Gasteiger partial charge in [-0.2, -0.15) is 5.26 Å². The lowest BCUT2D eigenvalue weighted by Gasteiger charge is -2.16. The zero-order valence-corrected chi connectivity index (χ0v) is 12.0. The Hall–Kier alpha value is -2.80. The van der Waals surface area contributed by atoms with Crippen LogP contribution >= 0.6 is 0 Å². The van der Waals surface area contributed by atoms with E-state index in [1.54, 1.807) is 25.1 Å². The van der Waals surface area contributed by atoms with Gasteiger partial charge in [0.25, 0.3) is 5.91 Å². The minimum atomic E-state index is -0.655. The Morgan fingerprint density at radius 3 is 2.62 bits per heavy atom. The monoisotopic (exact) mass is 280 g/mol. The third-order valence-electron chi connectivity index (χ3n) is 3.03. The second kappa shape index (κ2) is 6.58. The van der Waals surface area contributed by atoms with Crippen molar-refractivity contribution in [3.63, 3.8) is 0 Å². The molecule has 0 saturated carbocycles. The van der Waals surface area contributed by atoms with Gasteiger partial charge < -0.3 is 10.1 Å². The fourth-order valence-electron chi connectivity index (χ4n) is 1.81. The van der Waals surface area contributed by atoms with E-state index in [1.165, 1.54) is 0 Å². The van der Waals surface area contributed by atoms with Gasteiger partial charge in [0.1, 0.15) is 5.75 Å². The molecule has 0 aliphatic heterocycles. The molecule has 2 rings (SSSR count). The third kappa shape index (κ3) is 3.83. The molecule has 21 heavy (non-hydrogen) atoms. The number of anilines is 1. The number of aryl methyl sites for hydroxylation is 1. The van der Waals surface area contributed by atoms with Crippen LogP contribution in [0.5, 0.6) is 5.75 Å². The van der Waals surface area contributed by atoms with Crippen molar-refractivity contribution < 1.29 is 9.53 Å². The molecule has 106 valence electrons. The number of rotatable bonds is 4. The van der Waals surface area contributed by atoms with Gasteiger partial charge in [0.15, 0.2) is 6.10 Å². The first-order chi connectivity index (χ1) is 10.1. The molecule has 2 aromatic carbocycles. The average molecular weight is 280 g/mol. The molecule has 1 atom stereocenters. The molecule has 4 nitrogen and oxygen atoms in total. The van der Waals surface area contributed by atoms with Gasteiger partial charge in [-0.15, -0.1) is 0 Å². The Morgan fingerprint density at radius 1 is 1.24 bits per heavy atom. The highest BCUT2D eigenvalue weighted by Gasteiger charge is 2.16. The molecule has 0 radical (unpaired) electrons. The highest BCUT2D eigenvalue weighted by molar-refractivity contribution is 5.94. The minimum Gasteiger partial charge on any atom is -0.481 e. The molecule has 4 heteroatoms. The summed E-state index contributed by atoms with van der Waals surface area (Å²) in [5.41, 5.74) is 2.11. The molecule has 0 aliphatic carbocycles. The van der Waals surface area contributed by atoms with E-state index < -0.39 is 6.10 Å². The van der Waals surface area contributed by atoms with E-state index in [4.69, 9.17) is 10.00 Å². The zero-order chi connectivity index (χ0) is 15.2. The van der Waals surface area contributed by atoms with Gasteiger partial charge in [-0.3, -0.25) is 4.79 Å². The standard InChI is InChI=1S/C17H16N2O2/c1-12-8-9-14(11-18)10-16(12)21-13(2)17(20)19-15-6-4-3-5-7-15/h3-10,13H,1-2H3,(H,19,20). The Bertz CT molecular complexity index is 675. The molecule has 0 heterocycles. The topological polar surface area (TPSA) is 62.1 Å². The lowest BCUT2D eigenvalue weighted by atomic mass is 10.1. The zero-order valence-electron chi connectivity index (χ0n) is 12.0. The summed E-state index contributed by atoms with van der Waals surface area (Å²) in [6.07, 6.45) is -0.655. The summed E-state index contributed by atoms with van der Waals surface area (Å²) in [5, 5.41) is 11.7. The van der Waals surface area contributed by atoms with Gasteiger partial charge in [-0.05, 0) is 43.7 Å². The van der Waals surface area contributed by atoms with E-state index in [2.05, 4.69) is 11.4 Å². The van der Waals surface area contributed by atoms with E-state index in [0.717, 1.165) is 11.3 Å². The maximum atomic E-state index is 12.1. The number of para-hydroxylation sites is 1. The van der Waals surface area contributed by atoms with E-state index in [9.17, 15) is 4.79 Å². The first-order valence-electron chi connectivity index (χ1n) is 6.63. The van der Waals surface area contributed by atoms with E-state index in [1.807, 2.05) is 37.3 Å². The molecular weight excluding hydrogens is 264 g/mol. The summed E-state index contributed by atoms with van der Waals surface area (Å²) >= 11 is 0. The van der Waals surface area contributed by atoms with Crippen molar-refractivity contribution in [3.8, 4) is 11.8 Å². The van der Waals surface area contributed by atoms with Crippen molar-refractivity contribution in [2.45, 2.75) is 20.0 Å². The summed E-state index contributed by atoms with van der Waals surface area (Å²) in [5.74, 6) is 0.313. The predicted octanol–water partition coefficient (Wildman–Crippen LogP) is 3.27. The van der Waals surface area contributed by atoms with Crippen LogP contribution in [0.25, 0.3) is 0 Å². The van der Waals surface area contributed by atoms with Crippen molar-refractivity contribution in [1.29, 1.82) is 5.26 Å². The van der Waals surface area contributed by atoms with Crippen molar-refractivity contribution >= 4 is 11.6 Å². The SMILES string of the molecule is Cc1ccc(C#N)cc1OC(C)C(=O)Nc1ccccc1. The van der Waals surface area contributed by atoms with Crippen LogP contribution in [0.1, 0.15) is 18.1 Å². The highest BCUT2D eigenvalue weighted by Crippen LogP contribution is 2.21. The Balaban J connectivity index is 2.06. The molecule has 0 saturated heterocycles. The van der Waals surface area contributed by atoms with Gasteiger partial charge in [0, 0.05) is 5.69 Å². The highest BCUT2D eigenvalue weighted by atomic mass is 16.5. The van der Waals surface area contributed by atoms with Crippen LogP contribution in [-0.2, 0) is 4.79 Å². The molecule has 0 aromatic heterocycles. The van der Waals surface area contributed by atoms with Gasteiger partial charge in [0.2, 0.25) is 0 Å². The first-order valence-corrected chi connectivity index (χ1v) is 6.63. The Labute approximate surface area is 124 Å². The lowest BCUT2D eigenvalue weighted by molar-refractivity contribution is -0.122. The van der Waals surface area contributed by atoms with E-state index in [-0.39, 0.29) is 5.91 Å². The largest absolute Gasteiger partial charge is 0.481 e. The van der Waals surface area contributed by atoms with Crippen molar-refractivity contribution in [2.75, 3.05) is 5.32 Å². The van der Waals surface area contributed by atoms with E-state index >= 15 is 0 Å². The Morgan fingerprint density at radius 2 is 1.95 bits per heavy atom. The van der Waals surface area contributed by atoms with E-state index in [0.29, 0.717) is 11.3 Å². The van der Waals surface area contributed by atoms with Crippen LogP contribution in [0.3, 0.4) is 0 Å². The molecule has 0 bridgehead atoms. The molecule has 0 aliphatic rings. The van der Waals surface area contributed by atoms with Crippen LogP contribution < -0.4 is 10.1 Å². The van der Waals surface area contributed by atoms with Crippen molar-refractivity contribution in [2.24, 2.45) is 0 Å². The summed E-state index contributed by atoms with van der Waals surface area (Å²) < 4.78 is 5.66. The second-order valence-corrected chi connectivity index (χ2v) is 4.71. The summed E-state index contributed by atoms with van der Waals surface area (Å²) in [4.78, 5) is 12.1. The fourth-order valence-corrected chi connectivity index (χ4v) is 1.81. The van der Waals surface area contributed by atoms with Gasteiger partial charge >= 0.3 is 0 Å². The van der Waals surface area contributed by atoms with Gasteiger partial charge in [0.05, 0.1) is 11.6 Å². The van der Waals surface area contributed by atoms with Gasteiger partial charge in [-0.1, -0.05) is 24.3 Å². The predicted molar refractivity (Wildman–Crippen MR) is 81.1 cm³/mol. The number of hydrogen-bond donors (Lipinski definition) is 1.